The maximum absolute atomic E-state index is 5.88. The molecule has 3 rings (SSSR count). The predicted octanol–water partition coefficient (Wildman–Crippen LogP) is 3.24. The first-order valence-corrected chi connectivity index (χ1v) is 6.71. The van der Waals surface area contributed by atoms with Crippen molar-refractivity contribution in [3.05, 3.63) is 34.0 Å². The molecule has 0 aliphatic heterocycles. The number of thiophene rings is 1. The van der Waals surface area contributed by atoms with Crippen LogP contribution in [-0.2, 0) is 0 Å². The van der Waals surface area contributed by atoms with Crippen molar-refractivity contribution in [3.63, 3.8) is 0 Å². The van der Waals surface area contributed by atoms with Crippen molar-refractivity contribution in [2.45, 2.75) is 13.0 Å². The number of rotatable bonds is 3. The normalized spacial score (nSPS) is 12.8. The highest BCUT2D eigenvalue weighted by Gasteiger charge is 2.12. The van der Waals surface area contributed by atoms with E-state index in [1.165, 1.54) is 5.56 Å². The van der Waals surface area contributed by atoms with Gasteiger partial charge in [0, 0.05) is 0 Å². The average Bonchev–Trinajstić information content (AvgIpc) is 2.98. The Morgan fingerprint density at radius 1 is 1.44 bits per heavy atom. The Balaban J connectivity index is 1.97. The molecule has 0 fully saturated rings. The van der Waals surface area contributed by atoms with Crippen LogP contribution in [0.5, 0.6) is 0 Å². The van der Waals surface area contributed by atoms with E-state index in [0.29, 0.717) is 11.5 Å². The van der Waals surface area contributed by atoms with Gasteiger partial charge in [0.15, 0.2) is 11.5 Å². The molecule has 92 valence electrons. The van der Waals surface area contributed by atoms with E-state index in [2.05, 4.69) is 43.6 Å². The molecular weight excluding hydrogens is 270 g/mol. The van der Waals surface area contributed by atoms with Gasteiger partial charge in [0.2, 0.25) is 5.28 Å². The molecule has 18 heavy (non-hydrogen) atoms. The fourth-order valence-corrected chi connectivity index (χ4v) is 2.64. The van der Waals surface area contributed by atoms with Gasteiger partial charge in [-0.15, -0.1) is 0 Å². The summed E-state index contributed by atoms with van der Waals surface area (Å²) in [4.78, 5) is 15.3. The Kier molecular flexibility index (Phi) is 2.89. The zero-order valence-electron chi connectivity index (χ0n) is 9.51. The number of aromatic nitrogens is 4. The summed E-state index contributed by atoms with van der Waals surface area (Å²) in [7, 11) is 0. The Labute approximate surface area is 112 Å². The molecule has 0 radical (unpaired) electrons. The van der Waals surface area contributed by atoms with Crippen molar-refractivity contribution in [2.24, 2.45) is 0 Å². The molecule has 5 nitrogen and oxygen atoms in total. The molecule has 0 saturated heterocycles. The van der Waals surface area contributed by atoms with Gasteiger partial charge in [-0.1, -0.05) is 0 Å². The zero-order valence-corrected chi connectivity index (χ0v) is 11.1. The third-order valence-corrected chi connectivity index (χ3v) is 3.53. The van der Waals surface area contributed by atoms with E-state index in [4.69, 9.17) is 11.6 Å². The largest absolute Gasteiger partial charge is 0.362 e. The molecule has 3 aromatic heterocycles. The van der Waals surface area contributed by atoms with Gasteiger partial charge in [0.25, 0.3) is 0 Å². The second-order valence-electron chi connectivity index (χ2n) is 3.87. The minimum Gasteiger partial charge on any atom is -0.362 e. The summed E-state index contributed by atoms with van der Waals surface area (Å²) in [6.45, 7) is 2.07. The molecule has 1 unspecified atom stereocenters. The summed E-state index contributed by atoms with van der Waals surface area (Å²) in [5.74, 6) is 0.668. The standard InChI is InChI=1S/C11H10ClN5S/c1-6(7-2-3-18-4-7)15-10-8-9(14-5-13-8)16-11(12)17-10/h2-6H,1H3,(H2,13,14,15,16,17). The highest BCUT2D eigenvalue weighted by atomic mass is 35.5. The molecular formula is C11H10ClN5S. The number of anilines is 1. The Morgan fingerprint density at radius 2 is 2.33 bits per heavy atom. The maximum Gasteiger partial charge on any atom is 0.226 e. The minimum atomic E-state index is 0.147. The summed E-state index contributed by atoms with van der Waals surface area (Å²) in [5, 5.41) is 7.65. The first kappa shape index (κ1) is 11.4. The van der Waals surface area contributed by atoms with E-state index in [-0.39, 0.29) is 11.3 Å². The minimum absolute atomic E-state index is 0.147. The predicted molar refractivity (Wildman–Crippen MR) is 73.1 cm³/mol. The van der Waals surface area contributed by atoms with Crippen molar-refractivity contribution in [1.82, 2.24) is 19.9 Å². The molecule has 0 aromatic carbocycles. The van der Waals surface area contributed by atoms with Crippen molar-refractivity contribution < 1.29 is 0 Å². The average molecular weight is 280 g/mol. The van der Waals surface area contributed by atoms with Crippen LogP contribution in [0.2, 0.25) is 5.28 Å². The van der Waals surface area contributed by atoms with E-state index in [9.17, 15) is 0 Å². The third-order valence-electron chi connectivity index (χ3n) is 2.65. The first-order chi connectivity index (χ1) is 8.74. The molecule has 3 heterocycles. The molecule has 7 heteroatoms. The summed E-state index contributed by atoms with van der Waals surface area (Å²) >= 11 is 7.54. The van der Waals surface area contributed by atoms with Gasteiger partial charge in [0.1, 0.15) is 5.52 Å². The number of aromatic amines is 1. The van der Waals surface area contributed by atoms with Crippen LogP contribution in [-0.4, -0.2) is 19.9 Å². The van der Waals surface area contributed by atoms with Crippen LogP contribution >= 0.6 is 22.9 Å². The second kappa shape index (κ2) is 4.55. The zero-order chi connectivity index (χ0) is 12.5. The van der Waals surface area contributed by atoms with Crippen molar-refractivity contribution in [3.8, 4) is 0 Å². The van der Waals surface area contributed by atoms with Gasteiger partial charge in [0.05, 0.1) is 12.4 Å². The lowest BCUT2D eigenvalue weighted by atomic mass is 10.2. The number of fused-ring (bicyclic) bond motifs is 1. The van der Waals surface area contributed by atoms with E-state index < -0.39 is 0 Å². The highest BCUT2D eigenvalue weighted by Crippen LogP contribution is 2.24. The smallest absolute Gasteiger partial charge is 0.226 e. The van der Waals surface area contributed by atoms with Gasteiger partial charge in [-0.2, -0.15) is 21.3 Å². The van der Waals surface area contributed by atoms with Crippen molar-refractivity contribution in [2.75, 3.05) is 5.32 Å². The molecule has 0 aliphatic rings. The lowest BCUT2D eigenvalue weighted by molar-refractivity contribution is 0.880. The summed E-state index contributed by atoms with van der Waals surface area (Å²) in [6, 6.07) is 2.23. The fraction of sp³-hybridized carbons (Fsp3) is 0.182. The number of halogens is 1. The molecule has 0 amide bonds. The lowest BCUT2D eigenvalue weighted by Gasteiger charge is -2.13. The second-order valence-corrected chi connectivity index (χ2v) is 4.98. The molecule has 0 saturated carbocycles. The maximum atomic E-state index is 5.88. The number of imidazole rings is 1. The lowest BCUT2D eigenvalue weighted by Crippen LogP contribution is -2.08. The van der Waals surface area contributed by atoms with E-state index in [1.807, 2.05) is 5.38 Å². The summed E-state index contributed by atoms with van der Waals surface area (Å²) in [5.41, 5.74) is 2.54. The van der Waals surface area contributed by atoms with E-state index in [0.717, 1.165) is 5.52 Å². The van der Waals surface area contributed by atoms with E-state index >= 15 is 0 Å². The van der Waals surface area contributed by atoms with Crippen LogP contribution in [0.3, 0.4) is 0 Å². The molecule has 2 N–H and O–H groups in total. The number of nitrogens with one attached hydrogen (secondary N) is 2. The third kappa shape index (κ3) is 2.04. The number of H-pyrrole nitrogens is 1. The van der Waals surface area contributed by atoms with Crippen LogP contribution in [0.4, 0.5) is 5.82 Å². The molecule has 0 spiro atoms. The quantitative estimate of drug-likeness (QED) is 0.722. The number of hydrogen-bond acceptors (Lipinski definition) is 5. The van der Waals surface area contributed by atoms with E-state index in [1.54, 1.807) is 17.7 Å². The Hall–Kier alpha value is -1.66. The highest BCUT2D eigenvalue weighted by molar-refractivity contribution is 7.08. The van der Waals surface area contributed by atoms with Crippen molar-refractivity contribution in [1.29, 1.82) is 0 Å². The van der Waals surface area contributed by atoms with Crippen LogP contribution in [0, 0.1) is 0 Å². The number of hydrogen-bond donors (Lipinski definition) is 2. The molecule has 1 atom stereocenters. The molecule has 0 bridgehead atoms. The summed E-state index contributed by atoms with van der Waals surface area (Å²) in [6.07, 6.45) is 1.58. The first-order valence-electron chi connectivity index (χ1n) is 5.39. The van der Waals surface area contributed by atoms with Crippen LogP contribution in [0.1, 0.15) is 18.5 Å². The molecule has 3 aromatic rings. The van der Waals surface area contributed by atoms with Gasteiger partial charge < -0.3 is 10.3 Å². The number of nitrogens with zero attached hydrogens (tertiary/aromatic N) is 3. The fourth-order valence-electron chi connectivity index (χ4n) is 1.72. The van der Waals surface area contributed by atoms with Gasteiger partial charge >= 0.3 is 0 Å². The Bertz CT molecular complexity index is 663. The van der Waals surface area contributed by atoms with Crippen LogP contribution in [0.15, 0.2) is 23.2 Å². The van der Waals surface area contributed by atoms with Crippen LogP contribution in [0.25, 0.3) is 11.2 Å². The topological polar surface area (TPSA) is 66.5 Å². The summed E-state index contributed by atoms with van der Waals surface area (Å²) < 4.78 is 0. The monoisotopic (exact) mass is 279 g/mol. The Morgan fingerprint density at radius 3 is 3.11 bits per heavy atom. The van der Waals surface area contributed by atoms with Gasteiger partial charge in [-0.3, -0.25) is 0 Å². The van der Waals surface area contributed by atoms with Crippen molar-refractivity contribution >= 4 is 39.9 Å². The molecule has 0 aliphatic carbocycles. The SMILES string of the molecule is CC(Nc1nc(Cl)nc2nc[nH]c12)c1ccsc1. The van der Waals surface area contributed by atoms with Gasteiger partial charge in [-0.05, 0) is 40.9 Å². The van der Waals surface area contributed by atoms with Crippen LogP contribution < -0.4 is 5.32 Å². The van der Waals surface area contributed by atoms with Gasteiger partial charge in [-0.25, -0.2) is 4.98 Å².